The summed E-state index contributed by atoms with van der Waals surface area (Å²) in [5.74, 6) is 3.77. The summed E-state index contributed by atoms with van der Waals surface area (Å²) in [6.45, 7) is 10.9. The first-order chi connectivity index (χ1) is 19.4. The lowest BCUT2D eigenvalue weighted by atomic mass is 9.88. The maximum absolute atomic E-state index is 6.48. The van der Waals surface area contributed by atoms with E-state index >= 15 is 0 Å². The summed E-state index contributed by atoms with van der Waals surface area (Å²) in [6, 6.07) is 32.9. The van der Waals surface area contributed by atoms with Gasteiger partial charge in [-0.15, -0.1) is 0 Å². The van der Waals surface area contributed by atoms with Gasteiger partial charge in [-0.2, -0.15) is 0 Å². The lowest BCUT2D eigenvalue weighted by Gasteiger charge is -2.19. The summed E-state index contributed by atoms with van der Waals surface area (Å²) in [4.78, 5) is 10.7. The van der Waals surface area contributed by atoms with Crippen LogP contribution in [0.3, 0.4) is 0 Å². The number of furan rings is 2. The second-order valence-corrected chi connectivity index (χ2v) is 11.3. The van der Waals surface area contributed by atoms with Gasteiger partial charge in [-0.3, -0.25) is 0 Å². The van der Waals surface area contributed by atoms with Crippen LogP contribution in [0.1, 0.15) is 58.5 Å². The van der Waals surface area contributed by atoms with Crippen LogP contribution in [-0.4, -0.2) is 9.97 Å². The van der Waals surface area contributed by atoms with Gasteiger partial charge in [0.05, 0.1) is 11.4 Å². The van der Waals surface area contributed by atoms with Crippen molar-refractivity contribution >= 4 is 11.0 Å². The third-order valence-corrected chi connectivity index (χ3v) is 7.80. The topological polar surface area (TPSA) is 52.1 Å². The van der Waals surface area contributed by atoms with Crippen LogP contribution in [0, 0.1) is 0 Å². The van der Waals surface area contributed by atoms with Crippen LogP contribution >= 0.6 is 0 Å². The maximum Gasteiger partial charge on any atom is 0.136 e. The van der Waals surface area contributed by atoms with Crippen molar-refractivity contribution in [1.29, 1.82) is 0 Å². The van der Waals surface area contributed by atoms with Crippen molar-refractivity contribution in [2.45, 2.75) is 52.4 Å². The van der Waals surface area contributed by atoms with Crippen LogP contribution in [0.4, 0.5) is 0 Å². The van der Waals surface area contributed by atoms with Crippen molar-refractivity contribution < 1.29 is 8.83 Å². The molecule has 4 heteroatoms. The quantitative estimate of drug-likeness (QED) is 0.208. The Bertz CT molecular complexity index is 1780. The Morgan fingerprint density at radius 3 is 1.60 bits per heavy atom. The number of fused-ring (bicyclic) bond motifs is 1. The van der Waals surface area contributed by atoms with E-state index in [2.05, 4.69) is 89.2 Å². The Hall–Kier alpha value is -4.44. The van der Waals surface area contributed by atoms with Crippen molar-refractivity contribution in [3.05, 3.63) is 109 Å². The van der Waals surface area contributed by atoms with Crippen LogP contribution in [0.15, 0.2) is 106 Å². The van der Waals surface area contributed by atoms with Gasteiger partial charge < -0.3 is 8.83 Å². The molecule has 0 saturated heterocycles. The molecule has 0 saturated carbocycles. The molecule has 40 heavy (non-hydrogen) atoms. The number of hydrogen-bond donors (Lipinski definition) is 0. The third kappa shape index (κ3) is 4.64. The fourth-order valence-corrected chi connectivity index (χ4v) is 4.96. The average Bonchev–Trinajstić information content (AvgIpc) is 3.68. The van der Waals surface area contributed by atoms with E-state index in [1.165, 1.54) is 0 Å². The van der Waals surface area contributed by atoms with Crippen LogP contribution in [0.2, 0.25) is 0 Å². The first-order valence-electron chi connectivity index (χ1n) is 14.0. The standard InChI is InChI=1S/C36H34N2O2/c1-6-36(4,5)31-22-21-30(40-31)27-18-17-26(29-20-19-28(39-29)23(2)3)34-35(27)38-33(25-15-11-8-12-16-25)32(37-34)24-13-9-7-10-14-24/h7-23H,6H2,1-5H3. The molecule has 0 fully saturated rings. The van der Waals surface area contributed by atoms with Crippen molar-refractivity contribution in [3.63, 3.8) is 0 Å². The molecule has 4 nitrogen and oxygen atoms in total. The monoisotopic (exact) mass is 526 g/mol. The zero-order valence-electron chi connectivity index (χ0n) is 23.7. The molecule has 0 aliphatic carbocycles. The molecule has 0 atom stereocenters. The van der Waals surface area contributed by atoms with Gasteiger partial charge in [-0.05, 0) is 42.8 Å². The third-order valence-electron chi connectivity index (χ3n) is 7.80. The molecule has 0 aliphatic rings. The Labute approximate surface area is 235 Å². The fraction of sp³-hybridized carbons (Fsp3) is 0.222. The van der Waals surface area contributed by atoms with Gasteiger partial charge in [-0.1, -0.05) is 95.3 Å². The van der Waals surface area contributed by atoms with Crippen molar-refractivity contribution in [1.82, 2.24) is 9.97 Å². The molecule has 0 amide bonds. The minimum Gasteiger partial charge on any atom is -0.461 e. The molecule has 3 heterocycles. The zero-order valence-corrected chi connectivity index (χ0v) is 23.7. The molecular formula is C36H34N2O2. The molecule has 0 N–H and O–H groups in total. The summed E-state index contributed by atoms with van der Waals surface area (Å²) in [6.07, 6.45) is 0.981. The highest BCUT2D eigenvalue weighted by molar-refractivity contribution is 6.01. The highest BCUT2D eigenvalue weighted by Gasteiger charge is 2.25. The zero-order chi connectivity index (χ0) is 27.9. The molecule has 0 bridgehead atoms. The number of benzene rings is 3. The molecule has 0 aliphatic heterocycles. The molecule has 0 spiro atoms. The van der Waals surface area contributed by atoms with Gasteiger partial charge in [0, 0.05) is 33.6 Å². The molecule has 6 rings (SSSR count). The summed E-state index contributed by atoms with van der Waals surface area (Å²) in [5.41, 5.74) is 7.03. The summed E-state index contributed by atoms with van der Waals surface area (Å²) >= 11 is 0. The Morgan fingerprint density at radius 1 is 0.625 bits per heavy atom. The number of hydrogen-bond acceptors (Lipinski definition) is 4. The van der Waals surface area contributed by atoms with Gasteiger partial charge in [0.1, 0.15) is 34.1 Å². The second kappa shape index (κ2) is 10.3. The second-order valence-electron chi connectivity index (χ2n) is 11.3. The van der Waals surface area contributed by atoms with Crippen LogP contribution < -0.4 is 0 Å². The summed E-state index contributed by atoms with van der Waals surface area (Å²) in [5, 5.41) is 0. The minimum absolute atomic E-state index is 0.0588. The molecule has 0 unspecified atom stereocenters. The molecule has 0 radical (unpaired) electrons. The SMILES string of the molecule is CCC(C)(C)c1ccc(-c2ccc(-c3ccc(C(C)C)o3)c3nc(-c4ccccc4)c(-c4ccccc4)nc23)o1. The number of aromatic nitrogens is 2. The van der Waals surface area contributed by atoms with E-state index in [0.29, 0.717) is 5.92 Å². The van der Waals surface area contributed by atoms with E-state index < -0.39 is 0 Å². The van der Waals surface area contributed by atoms with Crippen molar-refractivity contribution in [3.8, 4) is 45.2 Å². The summed E-state index contributed by atoms with van der Waals surface area (Å²) < 4.78 is 12.8. The van der Waals surface area contributed by atoms with Gasteiger partial charge in [0.2, 0.25) is 0 Å². The van der Waals surface area contributed by atoms with Crippen molar-refractivity contribution in [2.24, 2.45) is 0 Å². The molecule has 3 aromatic heterocycles. The van der Waals surface area contributed by atoms with E-state index in [0.717, 1.165) is 74.1 Å². The van der Waals surface area contributed by atoms with Crippen molar-refractivity contribution in [2.75, 3.05) is 0 Å². The average molecular weight is 527 g/mol. The van der Waals surface area contributed by atoms with Crippen LogP contribution in [0.5, 0.6) is 0 Å². The minimum atomic E-state index is -0.0588. The Balaban J connectivity index is 1.67. The number of nitrogens with zero attached hydrogens (tertiary/aromatic N) is 2. The first-order valence-corrected chi connectivity index (χ1v) is 14.0. The molecule has 200 valence electrons. The van der Waals surface area contributed by atoms with E-state index in [1.807, 2.05) is 42.5 Å². The highest BCUT2D eigenvalue weighted by Crippen LogP contribution is 2.41. The maximum atomic E-state index is 6.48. The first kappa shape index (κ1) is 25.8. The smallest absolute Gasteiger partial charge is 0.136 e. The Morgan fingerprint density at radius 2 is 1.12 bits per heavy atom. The normalized spacial score (nSPS) is 11.9. The van der Waals surface area contributed by atoms with Gasteiger partial charge in [0.15, 0.2) is 0 Å². The lowest BCUT2D eigenvalue weighted by molar-refractivity contribution is 0.381. The fourth-order valence-electron chi connectivity index (χ4n) is 4.96. The summed E-state index contributed by atoms with van der Waals surface area (Å²) in [7, 11) is 0. The van der Waals surface area contributed by atoms with Gasteiger partial charge in [0.25, 0.3) is 0 Å². The van der Waals surface area contributed by atoms with E-state index in [-0.39, 0.29) is 5.41 Å². The van der Waals surface area contributed by atoms with Crippen LogP contribution in [0.25, 0.3) is 56.2 Å². The predicted octanol–water partition coefficient (Wildman–Crippen LogP) is 10.3. The Kier molecular flexibility index (Phi) is 6.63. The van der Waals surface area contributed by atoms with E-state index in [4.69, 9.17) is 18.8 Å². The van der Waals surface area contributed by atoms with Gasteiger partial charge >= 0.3 is 0 Å². The predicted molar refractivity (Wildman–Crippen MR) is 163 cm³/mol. The van der Waals surface area contributed by atoms with E-state index in [1.54, 1.807) is 0 Å². The lowest BCUT2D eigenvalue weighted by Crippen LogP contribution is -2.13. The number of rotatable bonds is 7. The highest BCUT2D eigenvalue weighted by atomic mass is 16.3. The molecular weight excluding hydrogens is 492 g/mol. The largest absolute Gasteiger partial charge is 0.461 e. The molecule has 3 aromatic carbocycles. The van der Waals surface area contributed by atoms with Crippen LogP contribution in [-0.2, 0) is 5.41 Å². The van der Waals surface area contributed by atoms with E-state index in [9.17, 15) is 0 Å². The van der Waals surface area contributed by atoms with Gasteiger partial charge in [-0.25, -0.2) is 9.97 Å². The molecule has 6 aromatic rings.